The Morgan fingerprint density at radius 3 is 2.11 bits per heavy atom. The lowest BCUT2D eigenvalue weighted by atomic mass is 9.90. The topological polar surface area (TPSA) is 58.6 Å². The number of hydrogen-bond donors (Lipinski definition) is 1. The van der Waals surface area contributed by atoms with Crippen LogP contribution in [0.2, 0.25) is 0 Å². The van der Waals surface area contributed by atoms with Gasteiger partial charge in [0.1, 0.15) is 5.41 Å². The van der Waals surface area contributed by atoms with Gasteiger partial charge in [0.15, 0.2) is 0 Å². The van der Waals surface area contributed by atoms with Crippen LogP contribution in [-0.2, 0) is 14.3 Å². The number of rotatable bonds is 9. The Labute approximate surface area is 116 Å². The highest BCUT2D eigenvalue weighted by atomic mass is 16.5. The van der Waals surface area contributed by atoms with E-state index in [0.29, 0.717) is 26.2 Å². The number of nitrogens with zero attached hydrogens (tertiary/aromatic N) is 1. The van der Waals surface area contributed by atoms with E-state index in [2.05, 4.69) is 5.32 Å². The Kier molecular flexibility index (Phi) is 8.39. The first-order valence-electron chi connectivity index (χ1n) is 6.98. The van der Waals surface area contributed by atoms with Crippen LogP contribution in [0.25, 0.3) is 0 Å². The highest BCUT2D eigenvalue weighted by Gasteiger charge is 2.38. The second-order valence-corrected chi connectivity index (χ2v) is 5.17. The molecule has 112 valence electrons. The number of methoxy groups -OCH3 is 1. The summed E-state index contributed by atoms with van der Waals surface area (Å²) in [6.07, 6.45) is 1.79. The van der Waals surface area contributed by atoms with Gasteiger partial charge in [-0.1, -0.05) is 13.8 Å². The summed E-state index contributed by atoms with van der Waals surface area (Å²) in [5.41, 5.74) is -1.03. The maximum Gasteiger partial charge on any atom is 0.237 e. The van der Waals surface area contributed by atoms with Gasteiger partial charge in [-0.2, -0.15) is 0 Å². The van der Waals surface area contributed by atoms with E-state index < -0.39 is 5.41 Å². The van der Waals surface area contributed by atoms with Gasteiger partial charge in [-0.05, 0) is 26.7 Å². The van der Waals surface area contributed by atoms with Gasteiger partial charge in [-0.25, -0.2) is 0 Å². The molecular weight excluding hydrogens is 244 g/mol. The highest BCUT2D eigenvalue weighted by Crippen LogP contribution is 2.19. The van der Waals surface area contributed by atoms with Crippen LogP contribution in [0.4, 0.5) is 0 Å². The number of hydrogen-bond acceptors (Lipinski definition) is 3. The van der Waals surface area contributed by atoms with Crippen LogP contribution >= 0.6 is 0 Å². The number of nitrogens with one attached hydrogen (secondary N) is 1. The third-order valence-corrected chi connectivity index (χ3v) is 2.97. The Balaban J connectivity index is 4.65. The molecule has 0 aliphatic rings. The number of carbonyl (C=O) groups excluding carboxylic acids is 2. The molecule has 5 nitrogen and oxygen atoms in total. The van der Waals surface area contributed by atoms with E-state index in [4.69, 9.17) is 4.74 Å². The second-order valence-electron chi connectivity index (χ2n) is 5.17. The lowest BCUT2D eigenvalue weighted by molar-refractivity contribution is -0.148. The lowest BCUT2D eigenvalue weighted by Crippen LogP contribution is -2.50. The molecule has 0 atom stereocenters. The van der Waals surface area contributed by atoms with Crippen molar-refractivity contribution in [3.63, 3.8) is 0 Å². The Hall–Kier alpha value is -1.10. The van der Waals surface area contributed by atoms with Crippen LogP contribution in [0.15, 0.2) is 0 Å². The quantitative estimate of drug-likeness (QED) is 0.510. The molecule has 1 N–H and O–H groups in total. The van der Waals surface area contributed by atoms with Crippen molar-refractivity contribution in [1.29, 1.82) is 0 Å². The van der Waals surface area contributed by atoms with Crippen LogP contribution in [0.3, 0.4) is 0 Å². The monoisotopic (exact) mass is 272 g/mol. The summed E-state index contributed by atoms with van der Waals surface area (Å²) in [6.45, 7) is 9.68. The third kappa shape index (κ3) is 5.59. The molecule has 0 heterocycles. The standard InChI is InChI=1S/C14H28N2O3/c1-6-9-16(10-7-2)13(18)14(3,4)12(17)15-8-11-19-5/h6-11H2,1-5H3,(H,15,17). The highest BCUT2D eigenvalue weighted by molar-refractivity contribution is 6.04. The van der Waals surface area contributed by atoms with Crippen molar-refractivity contribution in [2.75, 3.05) is 33.4 Å². The fourth-order valence-electron chi connectivity index (χ4n) is 1.83. The summed E-state index contributed by atoms with van der Waals surface area (Å²) >= 11 is 0. The first-order valence-corrected chi connectivity index (χ1v) is 6.98. The van der Waals surface area contributed by atoms with Crippen LogP contribution < -0.4 is 5.32 Å². The Morgan fingerprint density at radius 1 is 1.16 bits per heavy atom. The normalized spacial score (nSPS) is 11.2. The molecule has 0 rings (SSSR count). The SMILES string of the molecule is CCCN(CCC)C(=O)C(C)(C)C(=O)NCCOC. The van der Waals surface area contributed by atoms with Crippen molar-refractivity contribution in [3.05, 3.63) is 0 Å². The molecule has 0 spiro atoms. The van der Waals surface area contributed by atoms with E-state index in [1.54, 1.807) is 25.9 Å². The molecule has 0 bridgehead atoms. The summed E-state index contributed by atoms with van der Waals surface area (Å²) in [7, 11) is 1.58. The molecule has 0 aromatic carbocycles. The summed E-state index contributed by atoms with van der Waals surface area (Å²) in [5, 5.41) is 2.73. The first kappa shape index (κ1) is 17.9. The van der Waals surface area contributed by atoms with Crippen molar-refractivity contribution in [2.45, 2.75) is 40.5 Å². The largest absolute Gasteiger partial charge is 0.383 e. The minimum atomic E-state index is -1.03. The van der Waals surface area contributed by atoms with Gasteiger partial charge in [0.2, 0.25) is 11.8 Å². The molecule has 0 radical (unpaired) electrons. The number of ether oxygens (including phenoxy) is 1. The predicted molar refractivity (Wildman–Crippen MR) is 75.8 cm³/mol. The predicted octanol–water partition coefficient (Wildman–Crippen LogP) is 1.42. The molecule has 0 fully saturated rings. The fraction of sp³-hybridized carbons (Fsp3) is 0.857. The van der Waals surface area contributed by atoms with E-state index in [1.807, 2.05) is 13.8 Å². The van der Waals surface area contributed by atoms with E-state index in [9.17, 15) is 9.59 Å². The number of amides is 2. The van der Waals surface area contributed by atoms with Crippen molar-refractivity contribution in [3.8, 4) is 0 Å². The zero-order valence-electron chi connectivity index (χ0n) is 12.9. The Morgan fingerprint density at radius 2 is 1.68 bits per heavy atom. The second kappa shape index (κ2) is 8.91. The minimum absolute atomic E-state index is 0.105. The van der Waals surface area contributed by atoms with Gasteiger partial charge in [0.05, 0.1) is 6.61 Å². The molecule has 0 aromatic rings. The molecular formula is C14H28N2O3. The van der Waals surface area contributed by atoms with Crippen molar-refractivity contribution < 1.29 is 14.3 Å². The molecule has 2 amide bonds. The van der Waals surface area contributed by atoms with E-state index in [1.165, 1.54) is 0 Å². The number of carbonyl (C=O) groups is 2. The first-order chi connectivity index (χ1) is 8.91. The van der Waals surface area contributed by atoms with E-state index in [-0.39, 0.29) is 11.8 Å². The Bertz CT molecular complexity index is 284. The smallest absolute Gasteiger partial charge is 0.237 e. The van der Waals surface area contributed by atoms with E-state index >= 15 is 0 Å². The van der Waals surface area contributed by atoms with E-state index in [0.717, 1.165) is 12.8 Å². The molecule has 0 aliphatic carbocycles. The zero-order chi connectivity index (χ0) is 14.9. The van der Waals surface area contributed by atoms with Crippen LogP contribution in [-0.4, -0.2) is 50.1 Å². The molecule has 0 unspecified atom stereocenters. The van der Waals surface area contributed by atoms with Crippen LogP contribution in [0, 0.1) is 5.41 Å². The maximum absolute atomic E-state index is 12.5. The van der Waals surface area contributed by atoms with Gasteiger partial charge >= 0.3 is 0 Å². The van der Waals surface area contributed by atoms with Gasteiger partial charge in [0, 0.05) is 26.7 Å². The van der Waals surface area contributed by atoms with Gasteiger partial charge in [-0.15, -0.1) is 0 Å². The molecule has 19 heavy (non-hydrogen) atoms. The molecule has 0 saturated heterocycles. The third-order valence-electron chi connectivity index (χ3n) is 2.97. The summed E-state index contributed by atoms with van der Waals surface area (Å²) < 4.78 is 4.88. The summed E-state index contributed by atoms with van der Waals surface area (Å²) in [5.74, 6) is -0.349. The van der Waals surface area contributed by atoms with Crippen molar-refractivity contribution >= 4 is 11.8 Å². The maximum atomic E-state index is 12.5. The van der Waals surface area contributed by atoms with Gasteiger partial charge < -0.3 is 15.0 Å². The van der Waals surface area contributed by atoms with Gasteiger partial charge in [-0.3, -0.25) is 9.59 Å². The van der Waals surface area contributed by atoms with Crippen LogP contribution in [0.5, 0.6) is 0 Å². The molecule has 5 heteroatoms. The summed E-state index contributed by atoms with van der Waals surface area (Å²) in [4.78, 5) is 26.3. The van der Waals surface area contributed by atoms with Crippen molar-refractivity contribution in [1.82, 2.24) is 10.2 Å². The molecule has 0 aliphatic heterocycles. The minimum Gasteiger partial charge on any atom is -0.383 e. The summed E-state index contributed by atoms with van der Waals surface area (Å²) in [6, 6.07) is 0. The molecule has 0 aromatic heterocycles. The zero-order valence-corrected chi connectivity index (χ0v) is 12.9. The van der Waals surface area contributed by atoms with Crippen molar-refractivity contribution in [2.24, 2.45) is 5.41 Å². The molecule has 0 saturated carbocycles. The van der Waals surface area contributed by atoms with Gasteiger partial charge in [0.25, 0.3) is 0 Å². The van der Waals surface area contributed by atoms with Crippen LogP contribution in [0.1, 0.15) is 40.5 Å². The lowest BCUT2D eigenvalue weighted by Gasteiger charge is -2.30. The average Bonchev–Trinajstić information content (AvgIpc) is 2.37. The fourth-order valence-corrected chi connectivity index (χ4v) is 1.83. The average molecular weight is 272 g/mol.